The van der Waals surface area contributed by atoms with Crippen LogP contribution in [0, 0.1) is 5.92 Å². The summed E-state index contributed by atoms with van der Waals surface area (Å²) in [5.74, 6) is 0.850. The van der Waals surface area contributed by atoms with Gasteiger partial charge < -0.3 is 14.8 Å². The first-order valence-electron chi connectivity index (χ1n) is 8.44. The molecule has 0 unspecified atom stereocenters. The molecule has 3 rings (SSSR count). The van der Waals surface area contributed by atoms with Gasteiger partial charge >= 0.3 is 5.69 Å². The third-order valence-electron chi connectivity index (χ3n) is 4.05. The molecule has 0 saturated carbocycles. The third kappa shape index (κ3) is 4.20. The first-order chi connectivity index (χ1) is 12.0. The van der Waals surface area contributed by atoms with Gasteiger partial charge in [-0.3, -0.25) is 4.79 Å². The summed E-state index contributed by atoms with van der Waals surface area (Å²) < 4.78 is 0. The molecule has 0 aromatic carbocycles. The van der Waals surface area contributed by atoms with Gasteiger partial charge in [0.2, 0.25) is 5.95 Å². The summed E-state index contributed by atoms with van der Waals surface area (Å²) in [5, 5.41) is 0. The van der Waals surface area contributed by atoms with E-state index in [9.17, 15) is 9.59 Å². The molecular weight excluding hydrogens is 320 g/mol. The van der Waals surface area contributed by atoms with Crippen molar-refractivity contribution < 1.29 is 4.79 Å². The summed E-state index contributed by atoms with van der Waals surface area (Å²) >= 11 is 0. The van der Waals surface area contributed by atoms with Crippen LogP contribution in [0.3, 0.4) is 0 Å². The monoisotopic (exact) mass is 342 g/mol. The van der Waals surface area contributed by atoms with Gasteiger partial charge in [-0.1, -0.05) is 13.8 Å². The second kappa shape index (κ2) is 7.42. The molecule has 0 radical (unpaired) electrons. The van der Waals surface area contributed by atoms with E-state index in [1.165, 1.54) is 0 Å². The van der Waals surface area contributed by atoms with Crippen molar-refractivity contribution in [3.05, 3.63) is 46.4 Å². The van der Waals surface area contributed by atoms with Crippen LogP contribution in [0.25, 0.3) is 0 Å². The van der Waals surface area contributed by atoms with Gasteiger partial charge in [0.05, 0.1) is 0 Å². The maximum Gasteiger partial charge on any atom is 0.345 e. The number of H-pyrrole nitrogens is 1. The second-order valence-electron chi connectivity index (χ2n) is 6.52. The highest BCUT2D eigenvalue weighted by Gasteiger charge is 2.24. The van der Waals surface area contributed by atoms with Crippen LogP contribution in [0.2, 0.25) is 0 Å². The fourth-order valence-electron chi connectivity index (χ4n) is 2.89. The summed E-state index contributed by atoms with van der Waals surface area (Å²) in [5.41, 5.74) is 0.483. The van der Waals surface area contributed by atoms with Gasteiger partial charge in [-0.25, -0.2) is 14.8 Å². The number of nitrogens with one attached hydrogen (secondary N) is 1. The van der Waals surface area contributed by atoms with Crippen LogP contribution in [-0.4, -0.2) is 56.9 Å². The van der Waals surface area contributed by atoms with E-state index in [-0.39, 0.29) is 11.6 Å². The first kappa shape index (κ1) is 17.1. The average Bonchev–Trinajstić information content (AvgIpc) is 2.61. The van der Waals surface area contributed by atoms with Gasteiger partial charge in [-0.2, -0.15) is 4.98 Å². The first-order valence-corrected chi connectivity index (χ1v) is 8.44. The fraction of sp³-hybridized carbons (Fsp3) is 0.471. The Hall–Kier alpha value is -2.77. The molecule has 1 aliphatic heterocycles. The molecule has 1 N–H and O–H groups in total. The Morgan fingerprint density at radius 2 is 1.88 bits per heavy atom. The Labute approximate surface area is 145 Å². The van der Waals surface area contributed by atoms with E-state index in [1.807, 2.05) is 4.90 Å². The lowest BCUT2D eigenvalue weighted by molar-refractivity contribution is 0.0739. The van der Waals surface area contributed by atoms with Crippen LogP contribution in [0.5, 0.6) is 0 Å². The van der Waals surface area contributed by atoms with Gasteiger partial charge in [0.15, 0.2) is 0 Å². The number of aromatic amines is 1. The van der Waals surface area contributed by atoms with E-state index in [1.54, 1.807) is 29.4 Å². The molecule has 1 saturated heterocycles. The molecule has 3 heterocycles. The van der Waals surface area contributed by atoms with Gasteiger partial charge in [0.25, 0.3) is 5.91 Å². The summed E-state index contributed by atoms with van der Waals surface area (Å²) in [4.78, 5) is 43.2. The molecule has 1 fully saturated rings. The average molecular weight is 342 g/mol. The number of carbonyl (C=O) groups excluding carboxylic acids is 1. The molecule has 0 aliphatic carbocycles. The number of aromatic nitrogens is 4. The maximum atomic E-state index is 12.7. The molecule has 2 aromatic heterocycles. The summed E-state index contributed by atoms with van der Waals surface area (Å²) in [6.45, 7) is 6.52. The normalized spacial score (nSPS) is 14.8. The Morgan fingerprint density at radius 1 is 1.20 bits per heavy atom. The Balaban J connectivity index is 1.68. The van der Waals surface area contributed by atoms with Crippen LogP contribution >= 0.6 is 0 Å². The van der Waals surface area contributed by atoms with Gasteiger partial charge in [-0.05, 0) is 24.5 Å². The summed E-state index contributed by atoms with van der Waals surface area (Å²) in [6.07, 6.45) is 4.11. The Morgan fingerprint density at radius 3 is 2.52 bits per heavy atom. The molecule has 0 bridgehead atoms. The Kier molecular flexibility index (Phi) is 5.06. The molecule has 132 valence electrons. The van der Waals surface area contributed by atoms with Crippen molar-refractivity contribution in [2.24, 2.45) is 5.92 Å². The highest BCUT2D eigenvalue weighted by molar-refractivity contribution is 5.92. The van der Waals surface area contributed by atoms with E-state index < -0.39 is 5.69 Å². The van der Waals surface area contributed by atoms with Crippen LogP contribution in [0.1, 0.15) is 30.0 Å². The topological polar surface area (TPSA) is 95.1 Å². The predicted octanol–water partition coefficient (Wildman–Crippen LogP) is 0.721. The van der Waals surface area contributed by atoms with Crippen LogP contribution in [0.15, 0.2) is 29.3 Å². The van der Waals surface area contributed by atoms with E-state index in [2.05, 4.69) is 33.8 Å². The zero-order chi connectivity index (χ0) is 17.8. The van der Waals surface area contributed by atoms with Crippen molar-refractivity contribution >= 4 is 11.9 Å². The predicted molar refractivity (Wildman–Crippen MR) is 93.5 cm³/mol. The summed E-state index contributed by atoms with van der Waals surface area (Å²) in [7, 11) is 0. The lowest BCUT2D eigenvalue weighted by atomic mass is 10.1. The van der Waals surface area contributed by atoms with E-state index in [0.717, 1.165) is 5.69 Å². The van der Waals surface area contributed by atoms with Gasteiger partial charge in [0.1, 0.15) is 5.69 Å². The SMILES string of the molecule is CC(C)Cc1cc(C(=O)N2CCN(c3ncccn3)CC2)nc(=O)[nH]1. The largest absolute Gasteiger partial charge is 0.345 e. The van der Waals surface area contributed by atoms with Gasteiger partial charge in [0, 0.05) is 44.3 Å². The van der Waals surface area contributed by atoms with Gasteiger partial charge in [-0.15, -0.1) is 0 Å². The quantitative estimate of drug-likeness (QED) is 0.880. The molecule has 0 spiro atoms. The van der Waals surface area contributed by atoms with Crippen molar-refractivity contribution in [3.63, 3.8) is 0 Å². The fourth-order valence-corrected chi connectivity index (χ4v) is 2.89. The van der Waals surface area contributed by atoms with Crippen molar-refractivity contribution in [3.8, 4) is 0 Å². The molecule has 8 nitrogen and oxygen atoms in total. The number of hydrogen-bond acceptors (Lipinski definition) is 6. The number of nitrogens with zero attached hydrogens (tertiary/aromatic N) is 5. The molecule has 8 heteroatoms. The van der Waals surface area contributed by atoms with Crippen LogP contribution < -0.4 is 10.6 Å². The minimum Gasteiger partial charge on any atom is -0.337 e. The second-order valence-corrected chi connectivity index (χ2v) is 6.52. The highest BCUT2D eigenvalue weighted by atomic mass is 16.2. The number of piperazine rings is 1. The highest BCUT2D eigenvalue weighted by Crippen LogP contribution is 2.12. The standard InChI is InChI=1S/C17H22N6O2/c1-12(2)10-13-11-14(21-17(25)20-13)15(24)22-6-8-23(9-7-22)16-18-4-3-5-19-16/h3-5,11-12H,6-10H2,1-2H3,(H,20,21,25). The number of hydrogen-bond donors (Lipinski definition) is 1. The molecule has 0 atom stereocenters. The lowest BCUT2D eigenvalue weighted by Gasteiger charge is -2.34. The van der Waals surface area contributed by atoms with Crippen LogP contribution in [-0.2, 0) is 6.42 Å². The number of rotatable bonds is 4. The number of amides is 1. The van der Waals surface area contributed by atoms with Crippen LogP contribution in [0.4, 0.5) is 5.95 Å². The van der Waals surface area contributed by atoms with E-state index in [4.69, 9.17) is 0 Å². The summed E-state index contributed by atoms with van der Waals surface area (Å²) in [6, 6.07) is 3.47. The van der Waals surface area contributed by atoms with Crippen molar-refractivity contribution in [1.29, 1.82) is 0 Å². The lowest BCUT2D eigenvalue weighted by Crippen LogP contribution is -2.49. The molecular formula is C17H22N6O2. The molecule has 1 amide bonds. The number of carbonyl (C=O) groups is 1. The van der Waals surface area contributed by atoms with Crippen molar-refractivity contribution in [2.45, 2.75) is 20.3 Å². The molecule has 1 aliphatic rings. The van der Waals surface area contributed by atoms with Crippen molar-refractivity contribution in [2.75, 3.05) is 31.1 Å². The maximum absolute atomic E-state index is 12.7. The Bertz CT molecular complexity index is 781. The zero-order valence-corrected chi connectivity index (χ0v) is 14.5. The van der Waals surface area contributed by atoms with E-state index >= 15 is 0 Å². The minimum atomic E-state index is -0.474. The third-order valence-corrected chi connectivity index (χ3v) is 4.05. The smallest absolute Gasteiger partial charge is 0.337 e. The molecule has 2 aromatic rings. The van der Waals surface area contributed by atoms with Crippen molar-refractivity contribution in [1.82, 2.24) is 24.8 Å². The number of anilines is 1. The minimum absolute atomic E-state index is 0.204. The molecule has 25 heavy (non-hydrogen) atoms. The zero-order valence-electron chi connectivity index (χ0n) is 14.5. The van der Waals surface area contributed by atoms with E-state index in [0.29, 0.717) is 44.5 Å².